The van der Waals surface area contributed by atoms with Crippen LogP contribution in [0.4, 0.5) is 0 Å². The molecule has 3 aromatic heterocycles. The van der Waals surface area contributed by atoms with Gasteiger partial charge < -0.3 is 15.0 Å². The molecule has 1 amide bonds. The van der Waals surface area contributed by atoms with Gasteiger partial charge in [0.1, 0.15) is 17.4 Å². The fourth-order valence-corrected chi connectivity index (χ4v) is 5.28. The second-order valence-electron chi connectivity index (χ2n) is 8.96. The van der Waals surface area contributed by atoms with E-state index in [9.17, 15) is 4.79 Å². The zero-order chi connectivity index (χ0) is 24.5. The van der Waals surface area contributed by atoms with E-state index in [0.29, 0.717) is 18.7 Å². The Hall–Kier alpha value is -4.04. The molecule has 180 valence electrons. The number of benzene rings is 2. The Balaban J connectivity index is 1.18. The van der Waals surface area contributed by atoms with Crippen LogP contribution in [0.2, 0.25) is 0 Å². The molecule has 7 nitrogen and oxygen atoms in total. The lowest BCUT2D eigenvalue weighted by atomic mass is 9.94. The number of nitrogens with one attached hydrogen (secondary N) is 2. The van der Waals surface area contributed by atoms with Gasteiger partial charge in [-0.3, -0.25) is 4.79 Å². The van der Waals surface area contributed by atoms with Crippen molar-refractivity contribution in [2.24, 2.45) is 0 Å². The summed E-state index contributed by atoms with van der Waals surface area (Å²) in [6, 6.07) is 17.8. The van der Waals surface area contributed by atoms with Crippen molar-refractivity contribution in [3.05, 3.63) is 93.8 Å². The molecule has 2 N–H and O–H groups in total. The first-order valence-electron chi connectivity index (χ1n) is 12.0. The summed E-state index contributed by atoms with van der Waals surface area (Å²) in [5.74, 6) is 2.47. The Kier molecular flexibility index (Phi) is 5.95. The van der Waals surface area contributed by atoms with Crippen LogP contribution in [0.5, 0.6) is 5.75 Å². The Morgan fingerprint density at radius 2 is 2.11 bits per heavy atom. The lowest BCUT2D eigenvalue weighted by molar-refractivity contribution is 0.0954. The maximum atomic E-state index is 12.7. The molecule has 36 heavy (non-hydrogen) atoms. The van der Waals surface area contributed by atoms with E-state index in [4.69, 9.17) is 9.72 Å². The number of fused-ring (bicyclic) bond motifs is 2. The highest BCUT2D eigenvalue weighted by Gasteiger charge is 2.25. The van der Waals surface area contributed by atoms with E-state index in [-0.39, 0.29) is 11.8 Å². The van der Waals surface area contributed by atoms with E-state index in [1.165, 1.54) is 4.88 Å². The first-order chi connectivity index (χ1) is 17.6. The predicted octanol–water partition coefficient (Wildman–Crippen LogP) is 5.08. The molecular formula is C28H25N5O2S. The van der Waals surface area contributed by atoms with Gasteiger partial charge in [0, 0.05) is 28.7 Å². The minimum absolute atomic E-state index is 0.0623. The van der Waals surface area contributed by atoms with Gasteiger partial charge in [0.05, 0.1) is 29.3 Å². The van der Waals surface area contributed by atoms with Crippen molar-refractivity contribution in [3.8, 4) is 17.0 Å². The molecule has 0 aliphatic carbocycles. The van der Waals surface area contributed by atoms with Gasteiger partial charge in [0.15, 0.2) is 0 Å². The van der Waals surface area contributed by atoms with Crippen LogP contribution in [0.1, 0.15) is 38.4 Å². The molecule has 1 aliphatic heterocycles. The Labute approximate surface area is 212 Å². The summed E-state index contributed by atoms with van der Waals surface area (Å²) in [7, 11) is 0. The predicted molar refractivity (Wildman–Crippen MR) is 141 cm³/mol. The molecule has 0 saturated heterocycles. The normalized spacial score (nSPS) is 14.9. The van der Waals surface area contributed by atoms with Crippen molar-refractivity contribution in [1.29, 1.82) is 0 Å². The van der Waals surface area contributed by atoms with Gasteiger partial charge in [0.2, 0.25) is 0 Å². The molecule has 2 aromatic carbocycles. The zero-order valence-corrected chi connectivity index (χ0v) is 20.6. The van der Waals surface area contributed by atoms with Crippen LogP contribution in [0.25, 0.3) is 22.3 Å². The second-order valence-corrected chi connectivity index (χ2v) is 10.00. The van der Waals surface area contributed by atoms with Gasteiger partial charge in [-0.2, -0.15) is 0 Å². The van der Waals surface area contributed by atoms with Gasteiger partial charge in [-0.05, 0) is 73.2 Å². The minimum atomic E-state index is -0.0623. The van der Waals surface area contributed by atoms with Crippen LogP contribution in [0.15, 0.2) is 66.2 Å². The Bertz CT molecular complexity index is 1540. The number of carbonyl (C=O) groups is 1. The van der Waals surface area contributed by atoms with Gasteiger partial charge in [0.25, 0.3) is 5.91 Å². The summed E-state index contributed by atoms with van der Waals surface area (Å²) in [6.45, 7) is 3.04. The number of H-pyrrole nitrogens is 1. The fourth-order valence-electron chi connectivity index (χ4n) is 4.57. The molecule has 0 fully saturated rings. The van der Waals surface area contributed by atoms with E-state index in [2.05, 4.69) is 37.8 Å². The van der Waals surface area contributed by atoms with E-state index in [0.717, 1.165) is 58.1 Å². The number of carbonyl (C=O) groups excluding carboxylic acids is 1. The van der Waals surface area contributed by atoms with Crippen LogP contribution >= 0.6 is 11.3 Å². The second kappa shape index (κ2) is 9.54. The number of hydrogen-bond acceptors (Lipinski definition) is 6. The first-order valence-corrected chi connectivity index (χ1v) is 12.9. The van der Waals surface area contributed by atoms with Gasteiger partial charge in [-0.15, -0.1) is 11.3 Å². The number of amides is 1. The zero-order valence-electron chi connectivity index (χ0n) is 19.8. The van der Waals surface area contributed by atoms with E-state index in [1.807, 2.05) is 49.4 Å². The number of thiophene rings is 1. The number of hydrogen-bond donors (Lipinski definition) is 2. The number of nitrogens with zero attached hydrogens (tertiary/aromatic N) is 3. The highest BCUT2D eigenvalue weighted by Crippen LogP contribution is 2.33. The highest BCUT2D eigenvalue weighted by molar-refractivity contribution is 7.09. The number of aromatic nitrogens is 4. The summed E-state index contributed by atoms with van der Waals surface area (Å²) in [4.78, 5) is 31.0. The minimum Gasteiger partial charge on any atom is -0.493 e. The molecule has 0 bridgehead atoms. The maximum Gasteiger partial charge on any atom is 0.251 e. The topological polar surface area (TPSA) is 92.8 Å². The monoisotopic (exact) mass is 495 g/mol. The van der Waals surface area contributed by atoms with Gasteiger partial charge in [-0.25, -0.2) is 15.0 Å². The Morgan fingerprint density at radius 3 is 2.97 bits per heavy atom. The SMILES string of the molecule is Cc1nccc(-c2ccc3nc(C4COc5ccc(C(=O)NCCc6cccs6)cc5C4)[nH]c3c2)n1. The summed E-state index contributed by atoms with van der Waals surface area (Å²) < 4.78 is 6.05. The lowest BCUT2D eigenvalue weighted by Gasteiger charge is -2.24. The van der Waals surface area contributed by atoms with Gasteiger partial charge >= 0.3 is 0 Å². The van der Waals surface area contributed by atoms with Crippen LogP contribution in [-0.2, 0) is 12.8 Å². The molecule has 4 heterocycles. The molecule has 8 heteroatoms. The average Bonchev–Trinajstić information content (AvgIpc) is 3.57. The van der Waals surface area contributed by atoms with Crippen molar-refractivity contribution in [3.63, 3.8) is 0 Å². The largest absolute Gasteiger partial charge is 0.493 e. The summed E-state index contributed by atoms with van der Waals surface area (Å²) in [5, 5.41) is 5.08. The summed E-state index contributed by atoms with van der Waals surface area (Å²) >= 11 is 1.71. The fraction of sp³-hybridized carbons (Fsp3) is 0.214. The van der Waals surface area contributed by atoms with Crippen molar-refractivity contribution < 1.29 is 9.53 Å². The Morgan fingerprint density at radius 1 is 1.17 bits per heavy atom. The third kappa shape index (κ3) is 4.59. The molecule has 5 aromatic rings. The van der Waals surface area contributed by atoms with Crippen molar-refractivity contribution in [2.45, 2.75) is 25.7 Å². The van der Waals surface area contributed by atoms with Crippen molar-refractivity contribution in [1.82, 2.24) is 25.3 Å². The number of aryl methyl sites for hydroxylation is 1. The number of imidazole rings is 1. The van der Waals surface area contributed by atoms with Crippen LogP contribution in [0, 0.1) is 6.92 Å². The number of ether oxygens (including phenoxy) is 1. The van der Waals surface area contributed by atoms with Crippen LogP contribution < -0.4 is 10.1 Å². The van der Waals surface area contributed by atoms with Crippen LogP contribution in [0.3, 0.4) is 0 Å². The number of aromatic amines is 1. The van der Waals surface area contributed by atoms with Gasteiger partial charge in [-0.1, -0.05) is 12.1 Å². The first kappa shape index (κ1) is 22.4. The van der Waals surface area contributed by atoms with E-state index >= 15 is 0 Å². The standard InChI is InChI=1S/C28H25N5O2S/c1-17-29-11-9-23(31-17)18-4-6-24-25(15-18)33-27(32-24)21-14-20-13-19(5-7-26(20)35-16-21)28(34)30-10-8-22-3-2-12-36-22/h2-7,9,11-13,15,21H,8,10,14,16H2,1H3,(H,30,34)(H,32,33). The van der Waals surface area contributed by atoms with Crippen molar-refractivity contribution >= 4 is 28.3 Å². The molecule has 6 rings (SSSR count). The third-order valence-corrected chi connectivity index (χ3v) is 7.36. The molecule has 1 aliphatic rings. The molecule has 1 unspecified atom stereocenters. The molecule has 1 atom stereocenters. The van der Waals surface area contributed by atoms with E-state index in [1.54, 1.807) is 17.5 Å². The number of rotatable bonds is 6. The summed E-state index contributed by atoms with van der Waals surface area (Å²) in [5.41, 5.74) is 5.45. The lowest BCUT2D eigenvalue weighted by Crippen LogP contribution is -2.26. The third-order valence-electron chi connectivity index (χ3n) is 6.42. The average molecular weight is 496 g/mol. The smallest absolute Gasteiger partial charge is 0.251 e. The van der Waals surface area contributed by atoms with Crippen LogP contribution in [-0.4, -0.2) is 39.0 Å². The highest BCUT2D eigenvalue weighted by atomic mass is 32.1. The maximum absolute atomic E-state index is 12.7. The molecule has 0 saturated carbocycles. The molecular weight excluding hydrogens is 470 g/mol. The molecule has 0 spiro atoms. The van der Waals surface area contributed by atoms with E-state index < -0.39 is 0 Å². The van der Waals surface area contributed by atoms with Crippen molar-refractivity contribution in [2.75, 3.05) is 13.2 Å². The quantitative estimate of drug-likeness (QED) is 0.343. The molecule has 0 radical (unpaired) electrons. The summed E-state index contributed by atoms with van der Waals surface area (Å²) in [6.07, 6.45) is 3.36.